The number of ether oxygens (including phenoxy) is 3. The summed E-state index contributed by atoms with van der Waals surface area (Å²) in [6, 6.07) is -0.144. The Bertz CT molecular complexity index is 1060. The van der Waals surface area contributed by atoms with Crippen molar-refractivity contribution in [2.45, 2.75) is 94.2 Å². The van der Waals surface area contributed by atoms with Crippen molar-refractivity contribution in [2.24, 2.45) is 0 Å². The Labute approximate surface area is 199 Å². The Hall–Kier alpha value is -2.58. The number of hydrogen-bond acceptors (Lipinski definition) is 10. The maximum atomic E-state index is 13.1. The maximum Gasteiger partial charge on any atom is 0.328 e. The van der Waals surface area contributed by atoms with E-state index in [4.69, 9.17) is 19.3 Å². The van der Waals surface area contributed by atoms with Crippen molar-refractivity contribution >= 4 is 11.9 Å². The molecule has 1 saturated heterocycles. The van der Waals surface area contributed by atoms with Crippen molar-refractivity contribution in [1.29, 1.82) is 0 Å². The molecule has 194 valence electrons. The molecule has 2 aliphatic carbocycles. The molecule has 4 rings (SSSR count). The van der Waals surface area contributed by atoms with Gasteiger partial charge in [-0.3, -0.25) is 19.0 Å². The minimum atomic E-state index is -1.71. The van der Waals surface area contributed by atoms with Gasteiger partial charge in [-0.05, 0) is 25.7 Å². The van der Waals surface area contributed by atoms with Crippen molar-refractivity contribution in [3.05, 3.63) is 32.1 Å². The van der Waals surface area contributed by atoms with E-state index >= 15 is 0 Å². The average molecular weight is 498 g/mol. The molecule has 5 N–H and O–H groups in total. The monoisotopic (exact) mass is 498 g/mol. The van der Waals surface area contributed by atoms with Crippen LogP contribution in [-0.4, -0.2) is 79.2 Å². The second kappa shape index (κ2) is 10.6. The summed E-state index contributed by atoms with van der Waals surface area (Å²) in [4.78, 5) is 50.7. The fourth-order valence-corrected chi connectivity index (χ4v) is 5.03. The van der Waals surface area contributed by atoms with Gasteiger partial charge in [0.25, 0.3) is 5.56 Å². The van der Waals surface area contributed by atoms with Crippen LogP contribution in [0.1, 0.15) is 68.3 Å². The predicted molar refractivity (Wildman–Crippen MR) is 115 cm³/mol. The van der Waals surface area contributed by atoms with Crippen molar-refractivity contribution in [1.82, 2.24) is 9.55 Å². The zero-order valence-corrected chi connectivity index (χ0v) is 19.0. The number of fused-ring (bicyclic) bond motifs is 1. The van der Waals surface area contributed by atoms with Gasteiger partial charge in [0.2, 0.25) is 0 Å². The fraction of sp³-hybridized carbons (Fsp3) is 0.727. The highest BCUT2D eigenvalue weighted by Crippen LogP contribution is 2.35. The molecule has 1 aliphatic heterocycles. The van der Waals surface area contributed by atoms with Gasteiger partial charge in [-0.25, -0.2) is 4.79 Å². The van der Waals surface area contributed by atoms with Crippen molar-refractivity contribution in [2.75, 3.05) is 6.61 Å². The number of aromatic amines is 1. The topological polar surface area (TPSA) is 198 Å². The number of nitrogens with one attached hydrogen (secondary N) is 1. The lowest BCUT2D eigenvalue weighted by Gasteiger charge is -2.40. The zero-order valence-electron chi connectivity index (χ0n) is 19.0. The first-order chi connectivity index (χ1) is 16.7. The Morgan fingerprint density at radius 2 is 1.74 bits per heavy atom. The van der Waals surface area contributed by atoms with E-state index in [9.17, 15) is 34.5 Å². The van der Waals surface area contributed by atoms with Gasteiger partial charge in [-0.2, -0.15) is 0 Å². The number of aliphatic hydroxyl groups is 3. The summed E-state index contributed by atoms with van der Waals surface area (Å²) in [7, 11) is 0. The summed E-state index contributed by atoms with van der Waals surface area (Å²) < 4.78 is 17.4. The summed E-state index contributed by atoms with van der Waals surface area (Å²) in [6.45, 7) is -0.582. The van der Waals surface area contributed by atoms with Crippen LogP contribution >= 0.6 is 0 Å². The molecular weight excluding hydrogens is 468 g/mol. The van der Waals surface area contributed by atoms with E-state index < -0.39 is 67.5 Å². The van der Waals surface area contributed by atoms with Crippen LogP contribution in [0.4, 0.5) is 0 Å². The number of carboxylic acid groups (broad SMARTS) is 1. The van der Waals surface area contributed by atoms with E-state index in [2.05, 4.69) is 4.98 Å². The van der Waals surface area contributed by atoms with Crippen molar-refractivity contribution in [3.63, 3.8) is 0 Å². The molecule has 2 heterocycles. The molecule has 6 atom stereocenters. The lowest BCUT2D eigenvalue weighted by molar-refractivity contribution is -0.313. The number of carboxylic acids is 1. The van der Waals surface area contributed by atoms with Gasteiger partial charge in [-0.15, -0.1) is 0 Å². The van der Waals surface area contributed by atoms with E-state index in [0.717, 1.165) is 32.1 Å². The third-order valence-electron chi connectivity index (χ3n) is 6.85. The smallest absolute Gasteiger partial charge is 0.328 e. The van der Waals surface area contributed by atoms with E-state index in [1.807, 2.05) is 0 Å². The number of nitrogens with zero attached hydrogens (tertiary/aromatic N) is 1. The largest absolute Gasteiger partial charge is 0.481 e. The Morgan fingerprint density at radius 1 is 1.03 bits per heavy atom. The summed E-state index contributed by atoms with van der Waals surface area (Å²) >= 11 is 0. The van der Waals surface area contributed by atoms with Crippen LogP contribution in [0.25, 0.3) is 0 Å². The molecule has 2 fully saturated rings. The van der Waals surface area contributed by atoms with Gasteiger partial charge in [0, 0.05) is 11.6 Å². The van der Waals surface area contributed by atoms with Gasteiger partial charge in [0.05, 0.1) is 5.69 Å². The molecule has 35 heavy (non-hydrogen) atoms. The number of carbonyl (C=O) groups is 2. The molecule has 0 spiro atoms. The minimum absolute atomic E-state index is 0.144. The van der Waals surface area contributed by atoms with Crippen molar-refractivity contribution in [3.8, 4) is 0 Å². The average Bonchev–Trinajstić information content (AvgIpc) is 3.21. The normalized spacial score (nSPS) is 31.2. The number of carbonyl (C=O) groups excluding carboxylic acids is 1. The molecule has 13 heteroatoms. The number of esters is 1. The van der Waals surface area contributed by atoms with E-state index in [1.54, 1.807) is 0 Å². The number of aliphatic carboxylic acids is 1. The molecular formula is C22H30N2O11. The number of aromatic nitrogens is 2. The highest BCUT2D eigenvalue weighted by Gasteiger charge is 2.46. The Morgan fingerprint density at radius 3 is 2.43 bits per heavy atom. The second-order valence-corrected chi connectivity index (χ2v) is 9.22. The molecule has 1 unspecified atom stereocenters. The highest BCUT2D eigenvalue weighted by molar-refractivity contribution is 5.90. The summed E-state index contributed by atoms with van der Waals surface area (Å²) in [5.74, 6) is -2.46. The summed E-state index contributed by atoms with van der Waals surface area (Å²) in [6.07, 6.45) is -4.33. The summed E-state index contributed by atoms with van der Waals surface area (Å²) in [5.41, 5.74) is -0.177. The first kappa shape index (κ1) is 25.5. The lowest BCUT2D eigenvalue weighted by Crippen LogP contribution is -2.59. The van der Waals surface area contributed by atoms with Crippen LogP contribution in [0.15, 0.2) is 9.59 Å². The standard InChI is InChI=1S/C22H30N2O11/c25-14(26)8-15(27)33-9-13-17(28)18(29)19(30)21(35-13)34-12-7-6-11-16(12)23-22(32)24(20(11)31)10-4-2-1-3-5-10/h10,12-13,17-19,21,28-30H,1-9H2,(H,23,32)(H,25,26)/t12?,13-,17-,18+,19-,21-/m1/s1. The number of aliphatic hydroxyl groups excluding tert-OH is 3. The predicted octanol–water partition coefficient (Wildman–Crippen LogP) is -1.13. The molecule has 1 aromatic heterocycles. The number of rotatable bonds is 7. The van der Waals surface area contributed by atoms with Crippen LogP contribution in [-0.2, 0) is 30.2 Å². The highest BCUT2D eigenvalue weighted by atomic mass is 16.7. The molecule has 3 aliphatic rings. The quantitative estimate of drug-likeness (QED) is 0.225. The van der Waals surface area contributed by atoms with Gasteiger partial charge in [-0.1, -0.05) is 19.3 Å². The molecule has 13 nitrogen and oxygen atoms in total. The third-order valence-corrected chi connectivity index (χ3v) is 6.85. The second-order valence-electron chi connectivity index (χ2n) is 9.22. The van der Waals surface area contributed by atoms with Crippen LogP contribution in [0.2, 0.25) is 0 Å². The van der Waals surface area contributed by atoms with Crippen LogP contribution in [0.5, 0.6) is 0 Å². The number of H-pyrrole nitrogens is 1. The minimum Gasteiger partial charge on any atom is -0.481 e. The Balaban J connectivity index is 1.48. The molecule has 1 aromatic rings. The first-order valence-electron chi connectivity index (χ1n) is 11.8. The molecule has 1 saturated carbocycles. The molecule has 0 radical (unpaired) electrons. The molecule has 0 bridgehead atoms. The van der Waals surface area contributed by atoms with E-state index in [1.165, 1.54) is 4.57 Å². The number of hydrogen-bond donors (Lipinski definition) is 5. The van der Waals surface area contributed by atoms with Gasteiger partial charge in [0.1, 0.15) is 43.5 Å². The lowest BCUT2D eigenvalue weighted by atomic mass is 9.95. The third kappa shape index (κ3) is 5.33. The SMILES string of the molecule is O=C(O)CC(=O)OC[C@H]1O[C@@H](OC2CCc3c2[nH]c(=O)n(C2CCCCC2)c3=O)[C@H](O)[C@@H](O)[C@@H]1O. The van der Waals surface area contributed by atoms with E-state index in [0.29, 0.717) is 18.4 Å². The molecule has 0 aromatic carbocycles. The van der Waals surface area contributed by atoms with Crippen LogP contribution < -0.4 is 11.2 Å². The van der Waals surface area contributed by atoms with E-state index in [-0.39, 0.29) is 17.3 Å². The molecule has 0 amide bonds. The van der Waals surface area contributed by atoms with Crippen LogP contribution in [0, 0.1) is 0 Å². The van der Waals surface area contributed by atoms with Crippen molar-refractivity contribution < 1.29 is 44.2 Å². The first-order valence-corrected chi connectivity index (χ1v) is 11.8. The van der Waals surface area contributed by atoms with Gasteiger partial charge < -0.3 is 39.6 Å². The maximum absolute atomic E-state index is 13.1. The summed E-state index contributed by atoms with van der Waals surface area (Å²) in [5, 5.41) is 39.4. The Kier molecular flexibility index (Phi) is 7.71. The van der Waals surface area contributed by atoms with Gasteiger partial charge in [0.15, 0.2) is 6.29 Å². The van der Waals surface area contributed by atoms with Gasteiger partial charge >= 0.3 is 17.6 Å². The fourth-order valence-electron chi connectivity index (χ4n) is 5.03. The zero-order chi connectivity index (χ0) is 25.3. The van der Waals surface area contributed by atoms with Crippen LogP contribution in [0.3, 0.4) is 0 Å².